The SMILES string of the molecule is CC1(N)CCCCC1c1nc(-c2ccc(Br)o2)no1. The van der Waals surface area contributed by atoms with E-state index < -0.39 is 0 Å². The molecule has 2 atom stereocenters. The molecule has 19 heavy (non-hydrogen) atoms. The lowest BCUT2D eigenvalue weighted by Crippen LogP contribution is -2.44. The lowest BCUT2D eigenvalue weighted by atomic mass is 9.74. The van der Waals surface area contributed by atoms with Gasteiger partial charge in [0.1, 0.15) is 0 Å². The summed E-state index contributed by atoms with van der Waals surface area (Å²) in [6.45, 7) is 2.06. The van der Waals surface area contributed by atoms with E-state index >= 15 is 0 Å². The van der Waals surface area contributed by atoms with Gasteiger partial charge in [0.15, 0.2) is 10.4 Å². The highest BCUT2D eigenvalue weighted by atomic mass is 79.9. The van der Waals surface area contributed by atoms with Gasteiger partial charge < -0.3 is 14.7 Å². The second kappa shape index (κ2) is 4.76. The summed E-state index contributed by atoms with van der Waals surface area (Å²) in [4.78, 5) is 4.44. The van der Waals surface area contributed by atoms with Gasteiger partial charge in [0.25, 0.3) is 0 Å². The van der Waals surface area contributed by atoms with Gasteiger partial charge in [-0.2, -0.15) is 4.98 Å². The number of hydrogen-bond donors (Lipinski definition) is 1. The third kappa shape index (κ3) is 2.47. The molecule has 0 saturated heterocycles. The summed E-state index contributed by atoms with van der Waals surface area (Å²) >= 11 is 3.26. The lowest BCUT2D eigenvalue weighted by Gasteiger charge is -2.35. The van der Waals surface area contributed by atoms with Gasteiger partial charge >= 0.3 is 0 Å². The first-order valence-electron chi connectivity index (χ1n) is 6.44. The largest absolute Gasteiger partial charge is 0.446 e. The van der Waals surface area contributed by atoms with Gasteiger partial charge in [0.05, 0.1) is 5.92 Å². The molecule has 6 heteroatoms. The van der Waals surface area contributed by atoms with Crippen molar-refractivity contribution in [1.29, 1.82) is 0 Å². The van der Waals surface area contributed by atoms with E-state index in [1.807, 2.05) is 0 Å². The zero-order valence-electron chi connectivity index (χ0n) is 10.7. The van der Waals surface area contributed by atoms with E-state index in [9.17, 15) is 0 Å². The Bertz CT molecular complexity index is 576. The normalized spacial score (nSPS) is 27.6. The number of hydrogen-bond acceptors (Lipinski definition) is 5. The topological polar surface area (TPSA) is 78.1 Å². The van der Waals surface area contributed by atoms with Gasteiger partial charge in [-0.05, 0) is 47.8 Å². The van der Waals surface area contributed by atoms with Gasteiger partial charge in [0, 0.05) is 5.54 Å². The average molecular weight is 326 g/mol. The second-order valence-corrected chi connectivity index (χ2v) is 6.15. The minimum atomic E-state index is -0.272. The summed E-state index contributed by atoms with van der Waals surface area (Å²) in [5.74, 6) is 1.81. The molecule has 1 saturated carbocycles. The Morgan fingerprint density at radius 3 is 2.95 bits per heavy atom. The molecule has 0 aliphatic heterocycles. The maximum Gasteiger partial charge on any atom is 0.238 e. The van der Waals surface area contributed by atoms with Crippen molar-refractivity contribution >= 4 is 15.9 Å². The highest BCUT2D eigenvalue weighted by Gasteiger charge is 2.37. The van der Waals surface area contributed by atoms with Gasteiger partial charge in [0.2, 0.25) is 11.7 Å². The summed E-state index contributed by atoms with van der Waals surface area (Å²) in [5, 5.41) is 3.98. The lowest BCUT2D eigenvalue weighted by molar-refractivity contribution is 0.223. The predicted molar refractivity (Wildman–Crippen MR) is 73.5 cm³/mol. The first kappa shape index (κ1) is 12.9. The summed E-state index contributed by atoms with van der Waals surface area (Å²) in [5.41, 5.74) is 6.08. The highest BCUT2D eigenvalue weighted by molar-refractivity contribution is 9.10. The molecule has 1 aliphatic carbocycles. The van der Waals surface area contributed by atoms with Crippen molar-refractivity contribution in [1.82, 2.24) is 10.1 Å². The van der Waals surface area contributed by atoms with Crippen LogP contribution in [0.25, 0.3) is 11.6 Å². The number of rotatable bonds is 2. The van der Waals surface area contributed by atoms with E-state index in [2.05, 4.69) is 33.0 Å². The average Bonchev–Trinajstić information content (AvgIpc) is 2.97. The molecule has 1 fully saturated rings. The third-order valence-electron chi connectivity index (χ3n) is 3.79. The van der Waals surface area contributed by atoms with Gasteiger partial charge in [-0.25, -0.2) is 0 Å². The quantitative estimate of drug-likeness (QED) is 0.914. The van der Waals surface area contributed by atoms with E-state index in [1.54, 1.807) is 12.1 Å². The molecular formula is C13H16BrN3O2. The van der Waals surface area contributed by atoms with Crippen molar-refractivity contribution in [2.45, 2.75) is 44.1 Å². The molecule has 1 aliphatic rings. The number of furan rings is 1. The molecule has 0 amide bonds. The molecule has 2 unspecified atom stereocenters. The summed E-state index contributed by atoms with van der Waals surface area (Å²) in [6, 6.07) is 3.61. The van der Waals surface area contributed by atoms with Crippen LogP contribution in [0.15, 0.2) is 25.7 Å². The fourth-order valence-corrected chi connectivity index (χ4v) is 2.98. The van der Waals surface area contributed by atoms with Crippen LogP contribution in [0.5, 0.6) is 0 Å². The Kier molecular flexibility index (Phi) is 3.22. The van der Waals surface area contributed by atoms with E-state index in [1.165, 1.54) is 0 Å². The van der Waals surface area contributed by atoms with Crippen molar-refractivity contribution < 1.29 is 8.94 Å². The van der Waals surface area contributed by atoms with Crippen molar-refractivity contribution in [2.24, 2.45) is 5.73 Å². The Morgan fingerprint density at radius 2 is 2.26 bits per heavy atom. The standard InChI is InChI=1S/C13H16BrN3O2/c1-13(15)7-3-2-4-8(13)12-16-11(17-19-12)9-5-6-10(14)18-9/h5-6,8H,2-4,7,15H2,1H3. The van der Waals surface area contributed by atoms with Crippen LogP contribution in [0.2, 0.25) is 0 Å². The minimum Gasteiger partial charge on any atom is -0.446 e. The van der Waals surface area contributed by atoms with Crippen LogP contribution >= 0.6 is 15.9 Å². The molecular weight excluding hydrogens is 310 g/mol. The zero-order chi connectivity index (χ0) is 13.5. The van der Waals surface area contributed by atoms with Crippen LogP contribution in [0.1, 0.15) is 44.4 Å². The van der Waals surface area contributed by atoms with E-state index in [0.29, 0.717) is 22.1 Å². The molecule has 2 N–H and O–H groups in total. The Morgan fingerprint density at radius 1 is 1.42 bits per heavy atom. The van der Waals surface area contributed by atoms with E-state index in [-0.39, 0.29) is 11.5 Å². The van der Waals surface area contributed by atoms with Crippen molar-refractivity contribution in [3.63, 3.8) is 0 Å². The molecule has 5 nitrogen and oxygen atoms in total. The number of nitrogens with zero attached hydrogens (tertiary/aromatic N) is 2. The number of halogens is 1. The van der Waals surface area contributed by atoms with Crippen LogP contribution in [0, 0.1) is 0 Å². The Balaban J connectivity index is 1.88. The smallest absolute Gasteiger partial charge is 0.238 e. The van der Waals surface area contributed by atoms with Gasteiger partial charge in [-0.1, -0.05) is 18.0 Å². The number of nitrogens with two attached hydrogens (primary N) is 1. The molecule has 0 radical (unpaired) electrons. The maximum absolute atomic E-state index is 6.35. The van der Waals surface area contributed by atoms with Crippen LogP contribution in [0.3, 0.4) is 0 Å². The second-order valence-electron chi connectivity index (χ2n) is 5.36. The summed E-state index contributed by atoms with van der Waals surface area (Å²) in [6.07, 6.45) is 4.30. The number of aromatic nitrogens is 2. The molecule has 0 aromatic carbocycles. The fraction of sp³-hybridized carbons (Fsp3) is 0.538. The first-order chi connectivity index (χ1) is 9.06. The molecule has 2 aromatic rings. The van der Waals surface area contributed by atoms with Gasteiger partial charge in [-0.3, -0.25) is 0 Å². The van der Waals surface area contributed by atoms with Crippen molar-refractivity contribution in [2.75, 3.05) is 0 Å². The summed E-state index contributed by atoms with van der Waals surface area (Å²) in [7, 11) is 0. The molecule has 2 heterocycles. The van der Waals surface area contributed by atoms with Crippen LogP contribution in [-0.2, 0) is 0 Å². The van der Waals surface area contributed by atoms with Crippen molar-refractivity contribution in [3.05, 3.63) is 22.7 Å². The third-order valence-corrected chi connectivity index (χ3v) is 4.21. The summed E-state index contributed by atoms with van der Waals surface area (Å²) < 4.78 is 11.5. The maximum atomic E-state index is 6.35. The monoisotopic (exact) mass is 325 g/mol. The molecule has 0 spiro atoms. The molecule has 0 bridgehead atoms. The van der Waals surface area contributed by atoms with E-state index in [4.69, 9.17) is 14.7 Å². The van der Waals surface area contributed by atoms with Crippen LogP contribution in [-0.4, -0.2) is 15.7 Å². The molecule has 3 rings (SSSR count). The fourth-order valence-electron chi connectivity index (χ4n) is 2.68. The molecule has 2 aromatic heterocycles. The van der Waals surface area contributed by atoms with Gasteiger partial charge in [-0.15, -0.1) is 0 Å². The Labute approximate surface area is 119 Å². The Hall–Kier alpha value is -1.14. The zero-order valence-corrected chi connectivity index (χ0v) is 12.3. The molecule has 102 valence electrons. The highest BCUT2D eigenvalue weighted by Crippen LogP contribution is 2.38. The van der Waals surface area contributed by atoms with E-state index in [0.717, 1.165) is 25.7 Å². The first-order valence-corrected chi connectivity index (χ1v) is 7.24. The minimum absolute atomic E-state index is 0.126. The van der Waals surface area contributed by atoms with Crippen molar-refractivity contribution in [3.8, 4) is 11.6 Å². The predicted octanol–water partition coefficient (Wildman–Crippen LogP) is 3.47. The van der Waals surface area contributed by atoms with Crippen LogP contribution < -0.4 is 5.73 Å². The van der Waals surface area contributed by atoms with Crippen LogP contribution in [0.4, 0.5) is 0 Å².